The maximum atomic E-state index is 13.3. The first-order chi connectivity index (χ1) is 30.8. The molecule has 2 spiro atoms. The summed E-state index contributed by atoms with van der Waals surface area (Å²) in [6.07, 6.45) is 16.0. The molecule has 2 aromatic carbocycles. The van der Waals surface area contributed by atoms with Crippen LogP contribution in [0.3, 0.4) is 0 Å². The maximum Gasteiger partial charge on any atom is 0.261 e. The molecule has 0 saturated carbocycles. The van der Waals surface area contributed by atoms with Crippen LogP contribution < -0.4 is 29.9 Å². The van der Waals surface area contributed by atoms with E-state index in [1.54, 1.807) is 58.3 Å². The molecule has 2 amide bonds. The minimum absolute atomic E-state index is 0.212. The molecule has 16 nitrogen and oxygen atoms in total. The smallest absolute Gasteiger partial charge is 0.261 e. The van der Waals surface area contributed by atoms with E-state index < -0.39 is 0 Å². The summed E-state index contributed by atoms with van der Waals surface area (Å²) >= 11 is 0. The van der Waals surface area contributed by atoms with Crippen molar-refractivity contribution in [2.75, 3.05) is 73.0 Å². The zero-order valence-corrected chi connectivity index (χ0v) is 36.9. The molecule has 64 heavy (non-hydrogen) atoms. The Bertz CT molecular complexity index is 2610. The number of nitrogens with zero attached hydrogens (tertiary/aromatic N) is 8. The lowest BCUT2D eigenvalue weighted by Crippen LogP contribution is -2.28. The van der Waals surface area contributed by atoms with E-state index in [0.29, 0.717) is 22.4 Å². The third-order valence-corrected chi connectivity index (χ3v) is 13.8. The summed E-state index contributed by atoms with van der Waals surface area (Å²) in [6, 6.07) is 11.9. The molecule has 4 aromatic heterocycles. The number of carbonyl (C=O) groups is 2. The number of hydrogen-bond acceptors (Lipinski definition) is 12. The van der Waals surface area contributed by atoms with Gasteiger partial charge in [0.15, 0.2) is 11.3 Å². The Morgan fingerprint density at radius 3 is 1.50 bits per heavy atom. The van der Waals surface area contributed by atoms with Gasteiger partial charge in [0.1, 0.15) is 33.8 Å². The molecule has 0 aliphatic carbocycles. The number of ether oxygens (including phenoxy) is 4. The molecule has 6 aliphatic heterocycles. The van der Waals surface area contributed by atoms with Gasteiger partial charge >= 0.3 is 0 Å². The average molecular weight is 867 g/mol. The minimum Gasteiger partial charge on any atom is -0.487 e. The van der Waals surface area contributed by atoms with Crippen molar-refractivity contribution in [2.45, 2.75) is 77.4 Å². The number of anilines is 4. The third kappa shape index (κ3) is 7.45. The van der Waals surface area contributed by atoms with Gasteiger partial charge in [-0.25, -0.2) is 19.0 Å². The second kappa shape index (κ2) is 15.2. The molecule has 4 saturated heterocycles. The van der Waals surface area contributed by atoms with Crippen molar-refractivity contribution in [2.24, 2.45) is 10.8 Å². The standard InChI is InChI=1S/2C24H27N5O3/c2*1-23(2)12-16-10-18(27-22(30)17-13-26-29-7-3-6-25-21(17)29)19(11-20(16)32-23)28-8-4-24(14-28)5-9-31-15-24/h2*3,6-7,10-11,13H,4-5,8-9,12,14-15H2,1-2H3,(H,27,30)/t2*24-/m10/s1. The van der Waals surface area contributed by atoms with E-state index in [-0.39, 0.29) is 33.8 Å². The summed E-state index contributed by atoms with van der Waals surface area (Å²) in [6.45, 7) is 15.4. The summed E-state index contributed by atoms with van der Waals surface area (Å²) in [5.74, 6) is 1.39. The molecule has 0 radical (unpaired) electrons. The fourth-order valence-corrected chi connectivity index (χ4v) is 10.6. The van der Waals surface area contributed by atoms with Crippen molar-refractivity contribution < 1.29 is 28.5 Å². The Kier molecular flexibility index (Phi) is 9.61. The number of aromatic nitrogens is 6. The van der Waals surface area contributed by atoms with Crippen LogP contribution in [0.2, 0.25) is 0 Å². The van der Waals surface area contributed by atoms with E-state index >= 15 is 0 Å². The molecule has 10 heterocycles. The molecule has 2 N–H and O–H groups in total. The van der Waals surface area contributed by atoms with Crippen LogP contribution in [-0.4, -0.2) is 105 Å². The fraction of sp³-hybridized carbons (Fsp3) is 0.458. The lowest BCUT2D eigenvalue weighted by Gasteiger charge is -2.26. The molecular weight excluding hydrogens is 813 g/mol. The monoisotopic (exact) mass is 866 g/mol. The van der Waals surface area contributed by atoms with Gasteiger partial charge in [0.05, 0.1) is 48.4 Å². The van der Waals surface area contributed by atoms with Crippen LogP contribution in [0.25, 0.3) is 11.3 Å². The number of hydrogen-bond donors (Lipinski definition) is 2. The summed E-state index contributed by atoms with van der Waals surface area (Å²) < 4.78 is 27.1. The van der Waals surface area contributed by atoms with Crippen molar-refractivity contribution in [3.63, 3.8) is 0 Å². The lowest BCUT2D eigenvalue weighted by molar-refractivity contribution is 0.102. The molecule has 16 heteroatoms. The number of carbonyl (C=O) groups excluding carboxylic acids is 2. The first-order valence-corrected chi connectivity index (χ1v) is 22.4. The summed E-state index contributed by atoms with van der Waals surface area (Å²) in [4.78, 5) is 39.9. The van der Waals surface area contributed by atoms with E-state index in [1.165, 1.54) is 0 Å². The zero-order chi connectivity index (χ0) is 43.8. The van der Waals surface area contributed by atoms with Gasteiger partial charge in [-0.05, 0) is 77.6 Å². The third-order valence-electron chi connectivity index (χ3n) is 13.8. The highest BCUT2D eigenvalue weighted by Gasteiger charge is 2.44. The maximum absolute atomic E-state index is 13.3. The van der Waals surface area contributed by atoms with Crippen molar-refractivity contribution in [3.05, 3.63) is 95.8 Å². The van der Waals surface area contributed by atoms with Crippen LogP contribution in [0.5, 0.6) is 11.5 Å². The second-order valence-electron chi connectivity index (χ2n) is 19.8. The Labute approximate surface area is 371 Å². The Hall–Kier alpha value is -6.26. The average Bonchev–Trinajstić information content (AvgIpc) is 4.14. The fourth-order valence-electron chi connectivity index (χ4n) is 10.6. The molecular formula is C48H54N10O6. The van der Waals surface area contributed by atoms with Crippen LogP contribution in [0.1, 0.15) is 85.2 Å². The predicted octanol–water partition coefficient (Wildman–Crippen LogP) is 6.62. The van der Waals surface area contributed by atoms with Gasteiger partial charge in [-0.2, -0.15) is 10.2 Å². The van der Waals surface area contributed by atoms with Crippen LogP contribution >= 0.6 is 0 Å². The molecule has 12 rings (SSSR count). The largest absolute Gasteiger partial charge is 0.487 e. The number of benzene rings is 2. The van der Waals surface area contributed by atoms with E-state index in [1.807, 2.05) is 0 Å². The molecule has 0 bridgehead atoms. The second-order valence-corrected chi connectivity index (χ2v) is 19.8. The van der Waals surface area contributed by atoms with Gasteiger partial charge in [-0.3, -0.25) is 9.59 Å². The first kappa shape index (κ1) is 40.5. The normalized spacial score (nSPS) is 23.6. The van der Waals surface area contributed by atoms with Crippen LogP contribution in [0.15, 0.2) is 73.6 Å². The van der Waals surface area contributed by atoms with Crippen LogP contribution in [0.4, 0.5) is 22.7 Å². The van der Waals surface area contributed by atoms with Gasteiger partial charge in [0.25, 0.3) is 11.8 Å². The van der Waals surface area contributed by atoms with E-state index in [9.17, 15) is 9.59 Å². The van der Waals surface area contributed by atoms with Gasteiger partial charge < -0.3 is 39.4 Å². The summed E-state index contributed by atoms with van der Waals surface area (Å²) in [5, 5.41) is 14.8. The Balaban J connectivity index is 0.000000143. The molecule has 6 aliphatic rings. The SMILES string of the molecule is CC1(C)Cc2cc(NC(=O)c3cnn4cccnc34)c(N3CC[C@@]4(CCOC4)C3)cc2O1.CC1(C)Cc2cc(NC(=O)c3cnn4cccnc34)c(N3CC[C@]4(CCOC4)C3)cc2O1. The van der Waals surface area contributed by atoms with Crippen LogP contribution in [-0.2, 0) is 22.3 Å². The Morgan fingerprint density at radius 2 is 1.08 bits per heavy atom. The zero-order valence-electron chi connectivity index (χ0n) is 36.9. The number of rotatable bonds is 6. The highest BCUT2D eigenvalue weighted by molar-refractivity contribution is 6.10. The highest BCUT2D eigenvalue weighted by atomic mass is 16.5. The van der Waals surface area contributed by atoms with Gasteiger partial charge in [0, 0.05) is 111 Å². The van der Waals surface area contributed by atoms with Crippen molar-refractivity contribution in [1.82, 2.24) is 29.2 Å². The molecule has 4 fully saturated rings. The van der Waals surface area contributed by atoms with E-state index in [2.05, 4.69) is 92.6 Å². The van der Waals surface area contributed by atoms with Gasteiger partial charge in [0.2, 0.25) is 0 Å². The number of nitrogens with one attached hydrogen (secondary N) is 2. The van der Waals surface area contributed by atoms with Crippen molar-refractivity contribution >= 4 is 45.9 Å². The Morgan fingerprint density at radius 1 is 0.625 bits per heavy atom. The number of fused-ring (bicyclic) bond motifs is 4. The van der Waals surface area contributed by atoms with E-state index in [4.69, 9.17) is 18.9 Å². The first-order valence-electron chi connectivity index (χ1n) is 22.4. The number of amides is 2. The molecule has 332 valence electrons. The van der Waals surface area contributed by atoms with Crippen molar-refractivity contribution in [3.8, 4) is 11.5 Å². The molecule has 6 aromatic rings. The molecule has 2 atom stereocenters. The summed E-state index contributed by atoms with van der Waals surface area (Å²) in [7, 11) is 0. The van der Waals surface area contributed by atoms with Gasteiger partial charge in [-0.15, -0.1) is 0 Å². The topological polar surface area (TPSA) is 162 Å². The van der Waals surface area contributed by atoms with Gasteiger partial charge in [-0.1, -0.05) is 0 Å². The lowest BCUT2D eigenvalue weighted by atomic mass is 9.87. The van der Waals surface area contributed by atoms with Crippen LogP contribution in [0, 0.1) is 10.8 Å². The van der Waals surface area contributed by atoms with E-state index in [0.717, 1.165) is 137 Å². The minimum atomic E-state index is -0.250. The van der Waals surface area contributed by atoms with Crippen molar-refractivity contribution in [1.29, 1.82) is 0 Å². The molecule has 0 unspecified atom stereocenters. The highest BCUT2D eigenvalue weighted by Crippen LogP contribution is 2.48. The predicted molar refractivity (Wildman–Crippen MR) is 241 cm³/mol. The summed E-state index contributed by atoms with van der Waals surface area (Å²) in [5.41, 5.74) is 7.77. The quantitative estimate of drug-likeness (QED) is 0.184.